The first-order valence-corrected chi connectivity index (χ1v) is 11.8. The third kappa shape index (κ3) is 3.31. The summed E-state index contributed by atoms with van der Waals surface area (Å²) in [6, 6.07) is 10.7. The molecule has 3 amide bonds. The number of hydrogen-bond acceptors (Lipinski definition) is 5. The number of ether oxygens (including phenoxy) is 1. The maximum atomic E-state index is 13.5. The van der Waals surface area contributed by atoms with Crippen molar-refractivity contribution >= 4 is 17.7 Å². The second-order valence-corrected chi connectivity index (χ2v) is 9.62. The average molecular weight is 450 g/mol. The molecule has 33 heavy (non-hydrogen) atoms. The Kier molecular flexibility index (Phi) is 4.71. The van der Waals surface area contributed by atoms with E-state index in [1.807, 2.05) is 23.1 Å². The van der Waals surface area contributed by atoms with Crippen LogP contribution < -0.4 is 10.1 Å². The maximum absolute atomic E-state index is 13.5. The van der Waals surface area contributed by atoms with Gasteiger partial charge in [0, 0.05) is 44.4 Å². The number of nitrogens with zero attached hydrogens (tertiary/aromatic N) is 2. The Morgan fingerprint density at radius 3 is 2.52 bits per heavy atom. The molecule has 3 saturated carbocycles. The quantitative estimate of drug-likeness (QED) is 0.761. The van der Waals surface area contributed by atoms with Crippen molar-refractivity contribution < 1.29 is 23.5 Å². The lowest BCUT2D eigenvalue weighted by Gasteiger charge is -2.55. The summed E-state index contributed by atoms with van der Waals surface area (Å²) < 4.78 is 11.6. The highest BCUT2D eigenvalue weighted by Crippen LogP contribution is 2.52. The van der Waals surface area contributed by atoms with E-state index >= 15 is 0 Å². The van der Waals surface area contributed by atoms with Gasteiger partial charge in [-0.3, -0.25) is 14.4 Å². The monoisotopic (exact) mass is 449 g/mol. The SMILES string of the molecule is O=C1N[C@]2(C[C@H]3CC[C@@H]2C[C@@H]3C(=O)N2CCN(C(=O)c3ccco3)CC2)Oc2ccccc21. The molecule has 2 aromatic rings. The first kappa shape index (κ1) is 20.3. The van der Waals surface area contributed by atoms with Gasteiger partial charge in [0.05, 0.1) is 11.8 Å². The van der Waals surface area contributed by atoms with Crippen LogP contribution in [0.3, 0.4) is 0 Å². The van der Waals surface area contributed by atoms with Gasteiger partial charge in [0.15, 0.2) is 11.5 Å². The number of carbonyl (C=O) groups is 3. The van der Waals surface area contributed by atoms with Crippen molar-refractivity contribution in [3.63, 3.8) is 0 Å². The molecule has 0 unspecified atom stereocenters. The zero-order chi connectivity index (χ0) is 22.6. The topological polar surface area (TPSA) is 92.1 Å². The van der Waals surface area contributed by atoms with Gasteiger partial charge < -0.3 is 24.3 Å². The van der Waals surface area contributed by atoms with E-state index < -0.39 is 5.72 Å². The van der Waals surface area contributed by atoms with Crippen LogP contribution in [-0.2, 0) is 4.79 Å². The van der Waals surface area contributed by atoms with Crippen LogP contribution in [0.25, 0.3) is 0 Å². The fourth-order valence-corrected chi connectivity index (χ4v) is 6.18. The Morgan fingerprint density at radius 2 is 1.79 bits per heavy atom. The summed E-state index contributed by atoms with van der Waals surface area (Å²) in [5.74, 6) is 1.15. The number of amides is 3. The second kappa shape index (κ2) is 7.64. The Labute approximate surface area is 191 Å². The van der Waals surface area contributed by atoms with Gasteiger partial charge in [-0.1, -0.05) is 12.1 Å². The molecule has 2 bridgehead atoms. The normalized spacial score (nSPS) is 30.5. The number of carbonyl (C=O) groups excluding carboxylic acids is 3. The number of nitrogens with one attached hydrogen (secondary N) is 1. The minimum Gasteiger partial charge on any atom is -0.467 e. The van der Waals surface area contributed by atoms with Crippen molar-refractivity contribution in [3.05, 3.63) is 54.0 Å². The van der Waals surface area contributed by atoms with Gasteiger partial charge in [-0.25, -0.2) is 0 Å². The summed E-state index contributed by atoms with van der Waals surface area (Å²) in [6.45, 7) is 2.08. The van der Waals surface area contributed by atoms with Crippen molar-refractivity contribution in [2.24, 2.45) is 17.8 Å². The summed E-state index contributed by atoms with van der Waals surface area (Å²) in [6.07, 6.45) is 4.79. The molecule has 4 fully saturated rings. The highest BCUT2D eigenvalue weighted by atomic mass is 16.5. The fourth-order valence-electron chi connectivity index (χ4n) is 6.18. The van der Waals surface area contributed by atoms with Crippen LogP contribution in [0.4, 0.5) is 0 Å². The van der Waals surface area contributed by atoms with E-state index in [0.717, 1.165) is 19.3 Å². The van der Waals surface area contributed by atoms with Gasteiger partial charge in [-0.05, 0) is 49.4 Å². The minimum atomic E-state index is -0.709. The van der Waals surface area contributed by atoms with Crippen LogP contribution in [0.1, 0.15) is 46.6 Å². The van der Waals surface area contributed by atoms with Gasteiger partial charge in [0.1, 0.15) is 5.75 Å². The molecule has 1 aromatic heterocycles. The molecule has 4 atom stereocenters. The van der Waals surface area contributed by atoms with Crippen LogP contribution in [0.15, 0.2) is 47.1 Å². The molecule has 172 valence electrons. The van der Waals surface area contributed by atoms with E-state index in [1.165, 1.54) is 6.26 Å². The molecule has 1 saturated heterocycles. The molecule has 1 N–H and O–H groups in total. The number of hydrogen-bond donors (Lipinski definition) is 1. The molecular weight excluding hydrogens is 422 g/mol. The lowest BCUT2D eigenvalue weighted by molar-refractivity contribution is -0.156. The standard InChI is InChI=1S/C25H27N3O5/c29-22-18-4-1-2-5-20(18)33-25(26-22)15-16-7-8-17(25)14-19(16)23(30)27-9-11-28(12-10-27)24(31)21-6-3-13-32-21/h1-6,13,16-17,19H,7-12,14-15H2,(H,26,29)/t16-,17-,19+,25-/m1/s1. The van der Waals surface area contributed by atoms with E-state index in [2.05, 4.69) is 5.32 Å². The average Bonchev–Trinajstić information content (AvgIpc) is 3.39. The van der Waals surface area contributed by atoms with Crippen molar-refractivity contribution in [2.45, 2.75) is 31.4 Å². The smallest absolute Gasteiger partial charge is 0.289 e. The van der Waals surface area contributed by atoms with Gasteiger partial charge in [-0.2, -0.15) is 0 Å². The number of piperazine rings is 1. The van der Waals surface area contributed by atoms with Crippen LogP contribution in [-0.4, -0.2) is 59.4 Å². The highest BCUT2D eigenvalue weighted by Gasteiger charge is 2.57. The maximum Gasteiger partial charge on any atom is 0.289 e. The van der Waals surface area contributed by atoms with Crippen molar-refractivity contribution in [2.75, 3.05) is 26.2 Å². The first-order valence-electron chi connectivity index (χ1n) is 11.8. The highest BCUT2D eigenvalue weighted by molar-refractivity contribution is 5.98. The van der Waals surface area contributed by atoms with Gasteiger partial charge in [0.2, 0.25) is 5.91 Å². The van der Waals surface area contributed by atoms with Gasteiger partial charge >= 0.3 is 0 Å². The molecule has 8 heteroatoms. The number of furan rings is 1. The van der Waals surface area contributed by atoms with Crippen LogP contribution >= 0.6 is 0 Å². The summed E-state index contributed by atoms with van der Waals surface area (Å²) in [4.78, 5) is 42.4. The van der Waals surface area contributed by atoms with Crippen molar-refractivity contribution in [3.8, 4) is 5.75 Å². The zero-order valence-electron chi connectivity index (χ0n) is 18.4. The number of fused-ring (bicyclic) bond motifs is 3. The van der Waals surface area contributed by atoms with Crippen molar-refractivity contribution in [1.82, 2.24) is 15.1 Å². The Balaban J connectivity index is 1.12. The van der Waals surface area contributed by atoms with Gasteiger partial charge in [0.25, 0.3) is 11.8 Å². The molecule has 2 aliphatic heterocycles. The molecule has 8 nitrogen and oxygen atoms in total. The molecule has 3 heterocycles. The first-order chi connectivity index (χ1) is 16.0. The number of para-hydroxylation sites is 1. The number of rotatable bonds is 2. The third-order valence-electron chi connectivity index (χ3n) is 7.89. The third-order valence-corrected chi connectivity index (χ3v) is 7.89. The molecule has 5 aliphatic rings. The second-order valence-electron chi connectivity index (χ2n) is 9.62. The summed E-state index contributed by atoms with van der Waals surface area (Å²) in [7, 11) is 0. The summed E-state index contributed by atoms with van der Waals surface area (Å²) >= 11 is 0. The number of benzene rings is 1. The fraction of sp³-hybridized carbons (Fsp3) is 0.480. The minimum absolute atomic E-state index is 0.0561. The van der Waals surface area contributed by atoms with Gasteiger partial charge in [-0.15, -0.1) is 0 Å². The van der Waals surface area contributed by atoms with Crippen LogP contribution in [0.5, 0.6) is 5.75 Å². The molecular formula is C25H27N3O5. The van der Waals surface area contributed by atoms with Crippen LogP contribution in [0.2, 0.25) is 0 Å². The van der Waals surface area contributed by atoms with E-state index in [9.17, 15) is 14.4 Å². The lowest BCUT2D eigenvalue weighted by Crippen LogP contribution is -2.67. The van der Waals surface area contributed by atoms with E-state index in [0.29, 0.717) is 49.7 Å². The predicted molar refractivity (Wildman–Crippen MR) is 117 cm³/mol. The molecule has 3 aliphatic carbocycles. The van der Waals surface area contributed by atoms with Crippen LogP contribution in [0, 0.1) is 17.8 Å². The molecule has 0 radical (unpaired) electrons. The van der Waals surface area contributed by atoms with E-state index in [1.54, 1.807) is 23.1 Å². The molecule has 1 aromatic carbocycles. The summed E-state index contributed by atoms with van der Waals surface area (Å²) in [5, 5.41) is 3.15. The summed E-state index contributed by atoms with van der Waals surface area (Å²) in [5.41, 5.74) is -0.140. The zero-order valence-corrected chi connectivity index (χ0v) is 18.4. The Bertz CT molecular complexity index is 1090. The van der Waals surface area contributed by atoms with Crippen molar-refractivity contribution in [1.29, 1.82) is 0 Å². The lowest BCUT2D eigenvalue weighted by atomic mass is 9.59. The Hall–Kier alpha value is -3.29. The molecule has 7 rings (SSSR count). The largest absolute Gasteiger partial charge is 0.467 e. The predicted octanol–water partition coefficient (Wildman–Crippen LogP) is 2.52. The molecule has 1 spiro atoms. The van der Waals surface area contributed by atoms with E-state index in [-0.39, 0.29) is 35.5 Å². The van der Waals surface area contributed by atoms with E-state index in [4.69, 9.17) is 9.15 Å². The Morgan fingerprint density at radius 1 is 1.00 bits per heavy atom.